The maximum absolute atomic E-state index is 14.0. The van der Waals surface area contributed by atoms with Crippen molar-refractivity contribution in [1.29, 1.82) is 0 Å². The number of carboxylic acid groups (broad SMARTS) is 1. The lowest BCUT2D eigenvalue weighted by Crippen LogP contribution is -2.67. The molecule has 7 fully saturated rings. The molecule has 4 aliphatic carbocycles. The van der Waals surface area contributed by atoms with Crippen LogP contribution >= 0.6 is 0 Å². The van der Waals surface area contributed by atoms with Gasteiger partial charge in [0.2, 0.25) is 5.91 Å². The SMILES string of the molecule is C=C1C[C@@]23CC[C@]4(C)[C@](C)(C(=O)N[C@H](C)C(=O)O)CCC[C@@]4(C)[C@@H]2CC[C@]1(O[C@@H]1O[C@H](CO)C[C@H](O[C@@H]2O[C@H](CO)[C@@H](O)[C@H](O)[C@H]2O)[C@H]1O[C@@H]1O[C@H](CO)[C@@H](O)[C@H](O)[C@H]1O)C3. The third-order valence-corrected chi connectivity index (χ3v) is 16.7. The van der Waals surface area contributed by atoms with Gasteiger partial charge in [0, 0.05) is 6.42 Å². The van der Waals surface area contributed by atoms with E-state index in [2.05, 4.69) is 25.7 Å². The van der Waals surface area contributed by atoms with Crippen molar-refractivity contribution in [2.75, 3.05) is 19.8 Å². The molecule has 0 radical (unpaired) electrons. The van der Waals surface area contributed by atoms with Crippen LogP contribution < -0.4 is 5.32 Å². The van der Waals surface area contributed by atoms with E-state index in [1.165, 1.54) is 6.92 Å². The van der Waals surface area contributed by atoms with E-state index in [-0.39, 0.29) is 29.1 Å². The molecule has 0 aromatic carbocycles. The zero-order valence-corrected chi connectivity index (χ0v) is 35.4. The van der Waals surface area contributed by atoms with Crippen LogP contribution in [0.25, 0.3) is 0 Å². The lowest BCUT2D eigenvalue weighted by Gasteiger charge is -2.69. The quantitative estimate of drug-likeness (QED) is 0.0790. The van der Waals surface area contributed by atoms with Crippen molar-refractivity contribution in [2.45, 2.75) is 190 Å². The molecule has 3 saturated heterocycles. The number of amides is 1. The van der Waals surface area contributed by atoms with Gasteiger partial charge in [-0.15, -0.1) is 0 Å². The minimum atomic E-state index is -1.84. The van der Waals surface area contributed by atoms with Crippen molar-refractivity contribution in [3.05, 3.63) is 12.2 Å². The van der Waals surface area contributed by atoms with Crippen LogP contribution in [-0.2, 0) is 38.0 Å². The summed E-state index contributed by atoms with van der Waals surface area (Å²) in [6.45, 7) is 10.5. The summed E-state index contributed by atoms with van der Waals surface area (Å²) in [6.07, 6.45) is -15.6. The van der Waals surface area contributed by atoms with E-state index < -0.39 is 134 Å². The Bertz CT molecular complexity index is 1640. The van der Waals surface area contributed by atoms with E-state index in [4.69, 9.17) is 28.4 Å². The van der Waals surface area contributed by atoms with Gasteiger partial charge in [-0.25, -0.2) is 0 Å². The average Bonchev–Trinajstić information content (AvgIpc) is 3.43. The molecular weight excluding hydrogens is 806 g/mol. The average molecular weight is 874 g/mol. The van der Waals surface area contributed by atoms with Gasteiger partial charge in [0.15, 0.2) is 18.9 Å². The molecule has 19 nitrogen and oxygen atoms in total. The first-order chi connectivity index (χ1) is 28.6. The third-order valence-electron chi connectivity index (χ3n) is 16.7. The first-order valence-electron chi connectivity index (χ1n) is 21.7. The number of aliphatic hydroxyl groups is 9. The predicted molar refractivity (Wildman–Crippen MR) is 208 cm³/mol. The highest BCUT2D eigenvalue weighted by molar-refractivity contribution is 5.88. The Morgan fingerprint density at radius 2 is 1.39 bits per heavy atom. The molecule has 11 N–H and O–H groups in total. The summed E-state index contributed by atoms with van der Waals surface area (Å²) in [5.41, 5.74) is -2.10. The Labute approximate surface area is 354 Å². The highest BCUT2D eigenvalue weighted by Crippen LogP contribution is 2.77. The molecule has 3 aliphatic heterocycles. The number of carbonyl (C=O) groups excluding carboxylic acids is 1. The molecule has 21 atom stereocenters. The highest BCUT2D eigenvalue weighted by atomic mass is 16.8. The minimum Gasteiger partial charge on any atom is -0.480 e. The number of nitrogens with one attached hydrogen (secondary N) is 1. The van der Waals surface area contributed by atoms with Crippen molar-refractivity contribution < 1.29 is 89.1 Å². The second-order valence-corrected chi connectivity index (χ2v) is 19.7. The van der Waals surface area contributed by atoms with Crippen LogP contribution in [0.4, 0.5) is 0 Å². The van der Waals surface area contributed by atoms with E-state index in [9.17, 15) is 60.7 Å². The molecule has 348 valence electrons. The summed E-state index contributed by atoms with van der Waals surface area (Å²) in [5.74, 6) is -1.22. The van der Waals surface area contributed by atoms with Crippen molar-refractivity contribution in [3.63, 3.8) is 0 Å². The topological polar surface area (TPSA) is 304 Å². The summed E-state index contributed by atoms with van der Waals surface area (Å²) >= 11 is 0. The van der Waals surface area contributed by atoms with Crippen LogP contribution in [-0.4, -0.2) is 180 Å². The summed E-state index contributed by atoms with van der Waals surface area (Å²) in [4.78, 5) is 25.8. The molecule has 0 aromatic heterocycles. The van der Waals surface area contributed by atoms with Gasteiger partial charge in [-0.2, -0.15) is 0 Å². The number of aliphatic hydroxyl groups excluding tert-OH is 9. The molecule has 0 unspecified atom stereocenters. The van der Waals surface area contributed by atoms with E-state index in [0.717, 1.165) is 24.8 Å². The summed E-state index contributed by atoms with van der Waals surface area (Å²) in [6, 6.07) is -1.04. The maximum atomic E-state index is 14.0. The van der Waals surface area contributed by atoms with Crippen LogP contribution in [0.1, 0.15) is 91.9 Å². The molecule has 2 bridgehead atoms. The number of carboxylic acids is 1. The number of carbonyl (C=O) groups is 2. The Morgan fingerprint density at radius 1 is 0.787 bits per heavy atom. The lowest BCUT2D eigenvalue weighted by molar-refractivity contribution is -0.386. The number of aliphatic carboxylic acids is 1. The maximum Gasteiger partial charge on any atom is 0.325 e. The Balaban J connectivity index is 1.19. The third kappa shape index (κ3) is 7.60. The predicted octanol–water partition coefficient (Wildman–Crippen LogP) is -1.45. The molecule has 1 spiro atoms. The number of ether oxygens (including phenoxy) is 6. The fraction of sp³-hybridized carbons (Fsp3) is 0.905. The van der Waals surface area contributed by atoms with Crippen LogP contribution in [0, 0.1) is 27.6 Å². The molecule has 1 amide bonds. The van der Waals surface area contributed by atoms with Crippen molar-refractivity contribution in [2.24, 2.45) is 27.6 Å². The molecule has 0 aromatic rings. The normalized spacial score (nSPS) is 51.6. The van der Waals surface area contributed by atoms with Crippen molar-refractivity contribution in [1.82, 2.24) is 5.32 Å². The Morgan fingerprint density at radius 3 is 1.97 bits per heavy atom. The number of fused-ring (bicyclic) bond motifs is 3. The van der Waals surface area contributed by atoms with Gasteiger partial charge >= 0.3 is 5.97 Å². The van der Waals surface area contributed by atoms with Crippen LogP contribution in [0.3, 0.4) is 0 Å². The number of hydrogen-bond acceptors (Lipinski definition) is 17. The van der Waals surface area contributed by atoms with Crippen LogP contribution in [0.5, 0.6) is 0 Å². The van der Waals surface area contributed by atoms with Gasteiger partial charge in [-0.1, -0.05) is 33.8 Å². The minimum absolute atomic E-state index is 0.123. The summed E-state index contributed by atoms with van der Waals surface area (Å²) in [5, 5.41) is 107. The van der Waals surface area contributed by atoms with E-state index >= 15 is 0 Å². The summed E-state index contributed by atoms with van der Waals surface area (Å²) in [7, 11) is 0. The largest absolute Gasteiger partial charge is 0.480 e. The second-order valence-electron chi connectivity index (χ2n) is 19.7. The molecule has 7 rings (SSSR count). The van der Waals surface area contributed by atoms with Gasteiger partial charge in [0.25, 0.3) is 0 Å². The van der Waals surface area contributed by atoms with Crippen molar-refractivity contribution in [3.8, 4) is 0 Å². The lowest BCUT2D eigenvalue weighted by atomic mass is 9.35. The van der Waals surface area contributed by atoms with E-state index in [1.807, 2.05) is 6.92 Å². The standard InChI is InChI=1S/C42H67NO18/c1-19-14-41-12-11-40(5)38(3,8-6-9-39(40,4)37(55)43-20(2)33(53)54)25(41)7-10-42(19,18-41)61-36-32(60-35-31(52)29(50)27(48)24(17-46)59-35)22(13-21(15-44)56-36)57-34-30(51)28(49)26(47)23(16-45)58-34/h20-32,34-36,44-52H,1,6-18H2,2-5H3,(H,43,55)(H,53,54)/t20-,21+,22+,23-,24-,25+,26-,27-,28+,29+,30-,31-,32-,34-,35+,36+,38+,39+,40+,41-,42+/m1/s1. The highest BCUT2D eigenvalue weighted by Gasteiger charge is 2.72. The number of hydrogen-bond donors (Lipinski definition) is 11. The van der Waals surface area contributed by atoms with Gasteiger partial charge in [0.05, 0.1) is 43.0 Å². The molecule has 7 aliphatic rings. The Hall–Kier alpha value is -1.92. The monoisotopic (exact) mass is 873 g/mol. The van der Waals surface area contributed by atoms with Crippen LogP contribution in [0.2, 0.25) is 0 Å². The van der Waals surface area contributed by atoms with Crippen LogP contribution in [0.15, 0.2) is 12.2 Å². The molecule has 19 heteroatoms. The van der Waals surface area contributed by atoms with Gasteiger partial charge in [0.1, 0.15) is 61.0 Å². The zero-order valence-electron chi connectivity index (χ0n) is 35.4. The molecular formula is C42H67NO18. The van der Waals surface area contributed by atoms with Gasteiger partial charge < -0.3 is 84.8 Å². The van der Waals surface area contributed by atoms with E-state index in [1.54, 1.807) is 0 Å². The van der Waals surface area contributed by atoms with Crippen molar-refractivity contribution >= 4 is 11.9 Å². The first kappa shape index (κ1) is 47.1. The smallest absolute Gasteiger partial charge is 0.325 e. The second kappa shape index (κ2) is 17.1. The van der Waals surface area contributed by atoms with E-state index in [0.29, 0.717) is 38.5 Å². The summed E-state index contributed by atoms with van der Waals surface area (Å²) < 4.78 is 37.4. The fourth-order valence-electron chi connectivity index (χ4n) is 12.8. The first-order valence-corrected chi connectivity index (χ1v) is 21.7. The fourth-order valence-corrected chi connectivity index (χ4v) is 12.8. The Kier molecular flexibility index (Phi) is 13.2. The zero-order chi connectivity index (χ0) is 44.6. The molecule has 3 heterocycles. The molecule has 61 heavy (non-hydrogen) atoms. The van der Waals surface area contributed by atoms with Gasteiger partial charge in [-0.05, 0) is 86.0 Å². The number of rotatable bonds is 12. The molecule has 4 saturated carbocycles. The van der Waals surface area contributed by atoms with Gasteiger partial charge in [-0.3, -0.25) is 9.59 Å².